The zero-order valence-corrected chi connectivity index (χ0v) is 14.3. The SMILES string of the molecule is CCOC(C(Cc1ccc(Br)s1)NC)C(C)(C)C. The summed E-state index contributed by atoms with van der Waals surface area (Å²) in [6.07, 6.45) is 1.22. The van der Waals surface area contributed by atoms with E-state index in [2.05, 4.69) is 61.1 Å². The van der Waals surface area contributed by atoms with Gasteiger partial charge in [-0.15, -0.1) is 11.3 Å². The minimum absolute atomic E-state index is 0.137. The Bertz CT molecular complexity index is 359. The predicted molar refractivity (Wildman–Crippen MR) is 83.4 cm³/mol. The minimum Gasteiger partial charge on any atom is -0.376 e. The summed E-state index contributed by atoms with van der Waals surface area (Å²) in [5, 5.41) is 3.42. The van der Waals surface area contributed by atoms with Crippen LogP contribution in [0.15, 0.2) is 15.9 Å². The Hall–Kier alpha value is 0.1000. The average Bonchev–Trinajstić information content (AvgIpc) is 2.67. The van der Waals surface area contributed by atoms with Crippen LogP contribution >= 0.6 is 27.3 Å². The van der Waals surface area contributed by atoms with Crippen LogP contribution in [0.3, 0.4) is 0 Å². The van der Waals surface area contributed by atoms with Crippen LogP contribution in [-0.2, 0) is 11.2 Å². The number of hydrogen-bond acceptors (Lipinski definition) is 3. The summed E-state index contributed by atoms with van der Waals surface area (Å²) in [5.74, 6) is 0. The molecule has 0 saturated carbocycles. The highest BCUT2D eigenvalue weighted by molar-refractivity contribution is 9.11. The molecule has 0 fully saturated rings. The molecule has 1 aromatic rings. The summed E-state index contributed by atoms with van der Waals surface area (Å²) in [7, 11) is 2.02. The van der Waals surface area contributed by atoms with Crippen molar-refractivity contribution in [1.29, 1.82) is 0 Å². The van der Waals surface area contributed by atoms with Crippen molar-refractivity contribution in [2.75, 3.05) is 13.7 Å². The third-order valence-corrected chi connectivity index (χ3v) is 4.63. The molecule has 1 N–H and O–H groups in total. The van der Waals surface area contributed by atoms with Crippen LogP contribution in [0.25, 0.3) is 0 Å². The summed E-state index contributed by atoms with van der Waals surface area (Å²) in [6, 6.07) is 4.64. The number of nitrogens with one attached hydrogen (secondary N) is 1. The molecule has 18 heavy (non-hydrogen) atoms. The van der Waals surface area contributed by atoms with E-state index in [0.29, 0.717) is 6.04 Å². The molecule has 0 saturated heterocycles. The van der Waals surface area contributed by atoms with Gasteiger partial charge in [-0.3, -0.25) is 0 Å². The molecule has 0 aromatic carbocycles. The number of rotatable bonds is 6. The van der Waals surface area contributed by atoms with Gasteiger partial charge in [0.05, 0.1) is 9.89 Å². The Morgan fingerprint density at radius 1 is 1.39 bits per heavy atom. The summed E-state index contributed by atoms with van der Waals surface area (Å²) in [5.41, 5.74) is 0.137. The lowest BCUT2D eigenvalue weighted by molar-refractivity contribution is -0.0339. The molecule has 0 radical (unpaired) electrons. The van der Waals surface area contributed by atoms with Crippen LogP contribution in [0.5, 0.6) is 0 Å². The van der Waals surface area contributed by atoms with Gasteiger partial charge in [0.25, 0.3) is 0 Å². The van der Waals surface area contributed by atoms with Gasteiger partial charge in [-0.2, -0.15) is 0 Å². The fourth-order valence-electron chi connectivity index (χ4n) is 2.19. The van der Waals surface area contributed by atoms with Gasteiger partial charge in [0, 0.05) is 17.5 Å². The van der Waals surface area contributed by atoms with E-state index < -0.39 is 0 Å². The molecule has 0 aliphatic heterocycles. The Morgan fingerprint density at radius 3 is 2.44 bits per heavy atom. The quantitative estimate of drug-likeness (QED) is 0.846. The van der Waals surface area contributed by atoms with E-state index in [4.69, 9.17) is 4.74 Å². The minimum atomic E-state index is 0.137. The summed E-state index contributed by atoms with van der Waals surface area (Å²) in [6.45, 7) is 9.54. The fraction of sp³-hybridized carbons (Fsp3) is 0.714. The molecule has 1 rings (SSSR count). The number of ether oxygens (including phenoxy) is 1. The second kappa shape index (κ2) is 7.04. The van der Waals surface area contributed by atoms with E-state index in [-0.39, 0.29) is 11.5 Å². The molecule has 0 aliphatic rings. The molecular weight excluding hydrogens is 310 g/mol. The van der Waals surface area contributed by atoms with E-state index in [1.165, 1.54) is 8.66 Å². The topological polar surface area (TPSA) is 21.3 Å². The Balaban J connectivity index is 2.79. The smallest absolute Gasteiger partial charge is 0.0779 e. The van der Waals surface area contributed by atoms with E-state index in [0.717, 1.165) is 13.0 Å². The number of halogens is 1. The molecule has 4 heteroatoms. The van der Waals surface area contributed by atoms with E-state index >= 15 is 0 Å². The zero-order valence-electron chi connectivity index (χ0n) is 11.9. The molecule has 1 heterocycles. The van der Waals surface area contributed by atoms with Crippen molar-refractivity contribution >= 4 is 27.3 Å². The molecule has 2 atom stereocenters. The van der Waals surface area contributed by atoms with Gasteiger partial charge >= 0.3 is 0 Å². The van der Waals surface area contributed by atoms with Gasteiger partial charge in [0.2, 0.25) is 0 Å². The number of thiophene rings is 1. The molecule has 0 amide bonds. The van der Waals surface area contributed by atoms with Crippen LogP contribution in [0.4, 0.5) is 0 Å². The van der Waals surface area contributed by atoms with Gasteiger partial charge in [-0.05, 0) is 53.9 Å². The monoisotopic (exact) mass is 333 g/mol. The maximum Gasteiger partial charge on any atom is 0.0779 e. The predicted octanol–water partition coefficient (Wildman–Crippen LogP) is 4.09. The van der Waals surface area contributed by atoms with Crippen molar-refractivity contribution in [2.45, 2.75) is 46.3 Å². The molecule has 104 valence electrons. The summed E-state index contributed by atoms with van der Waals surface area (Å²) in [4.78, 5) is 1.38. The van der Waals surface area contributed by atoms with Crippen molar-refractivity contribution in [3.05, 3.63) is 20.8 Å². The van der Waals surface area contributed by atoms with Crippen LogP contribution in [-0.4, -0.2) is 25.8 Å². The average molecular weight is 334 g/mol. The highest BCUT2D eigenvalue weighted by Gasteiger charge is 2.32. The second-order valence-corrected chi connectivity index (χ2v) is 8.09. The van der Waals surface area contributed by atoms with E-state index in [1.54, 1.807) is 11.3 Å². The van der Waals surface area contributed by atoms with Crippen molar-refractivity contribution in [3.63, 3.8) is 0 Å². The van der Waals surface area contributed by atoms with Gasteiger partial charge in [0.1, 0.15) is 0 Å². The second-order valence-electron chi connectivity index (χ2n) is 5.55. The Morgan fingerprint density at radius 2 is 2.06 bits per heavy atom. The summed E-state index contributed by atoms with van der Waals surface area (Å²) < 4.78 is 7.16. The number of hydrogen-bond donors (Lipinski definition) is 1. The van der Waals surface area contributed by atoms with Crippen molar-refractivity contribution in [2.24, 2.45) is 5.41 Å². The largest absolute Gasteiger partial charge is 0.376 e. The van der Waals surface area contributed by atoms with Crippen LogP contribution in [0.2, 0.25) is 0 Å². The van der Waals surface area contributed by atoms with Crippen molar-refractivity contribution in [1.82, 2.24) is 5.32 Å². The van der Waals surface area contributed by atoms with Crippen LogP contribution < -0.4 is 5.32 Å². The first-order valence-corrected chi connectivity index (χ1v) is 8.02. The highest BCUT2D eigenvalue weighted by atomic mass is 79.9. The lowest BCUT2D eigenvalue weighted by Crippen LogP contribution is -2.48. The molecule has 0 bridgehead atoms. The van der Waals surface area contributed by atoms with Gasteiger partial charge in [-0.1, -0.05) is 20.8 Å². The van der Waals surface area contributed by atoms with Crippen molar-refractivity contribution < 1.29 is 4.74 Å². The summed E-state index contributed by atoms with van der Waals surface area (Å²) >= 11 is 5.32. The van der Waals surface area contributed by atoms with Crippen LogP contribution in [0, 0.1) is 5.41 Å². The molecule has 2 nitrogen and oxygen atoms in total. The normalized spacial score (nSPS) is 15.7. The van der Waals surface area contributed by atoms with Gasteiger partial charge < -0.3 is 10.1 Å². The van der Waals surface area contributed by atoms with E-state index in [1.807, 2.05) is 7.05 Å². The molecule has 2 unspecified atom stereocenters. The molecule has 1 aromatic heterocycles. The fourth-order valence-corrected chi connectivity index (χ4v) is 3.73. The zero-order chi connectivity index (χ0) is 13.8. The Labute approximate surface area is 123 Å². The highest BCUT2D eigenvalue weighted by Crippen LogP contribution is 2.29. The maximum absolute atomic E-state index is 5.97. The van der Waals surface area contributed by atoms with Gasteiger partial charge in [0.15, 0.2) is 0 Å². The molecule has 0 aliphatic carbocycles. The van der Waals surface area contributed by atoms with E-state index in [9.17, 15) is 0 Å². The first-order chi connectivity index (χ1) is 8.38. The van der Waals surface area contributed by atoms with Gasteiger partial charge in [-0.25, -0.2) is 0 Å². The lowest BCUT2D eigenvalue weighted by atomic mass is 9.83. The lowest BCUT2D eigenvalue weighted by Gasteiger charge is -2.36. The maximum atomic E-state index is 5.97. The molecular formula is C14H24BrNOS. The first-order valence-electron chi connectivity index (χ1n) is 6.41. The molecule has 0 spiro atoms. The first kappa shape index (κ1) is 16.2. The standard InChI is InChI=1S/C14H24BrNOS/c1-6-17-13(14(2,3)4)11(16-5)9-10-7-8-12(15)18-10/h7-8,11,13,16H,6,9H2,1-5H3. The third kappa shape index (κ3) is 4.65. The van der Waals surface area contributed by atoms with Crippen molar-refractivity contribution in [3.8, 4) is 0 Å². The number of likely N-dealkylation sites (N-methyl/N-ethyl adjacent to an activating group) is 1. The Kier molecular flexibility index (Phi) is 6.31. The third-order valence-electron chi connectivity index (χ3n) is 2.99. The van der Waals surface area contributed by atoms with Crippen LogP contribution in [0.1, 0.15) is 32.6 Å².